The van der Waals surface area contributed by atoms with E-state index in [-0.39, 0.29) is 5.91 Å². The first-order chi connectivity index (χ1) is 12.2. The van der Waals surface area contributed by atoms with Crippen molar-refractivity contribution < 1.29 is 9.53 Å². The third-order valence-electron chi connectivity index (χ3n) is 3.50. The van der Waals surface area contributed by atoms with Crippen molar-refractivity contribution >= 4 is 28.8 Å². The Balaban J connectivity index is 1.47. The average Bonchev–Trinajstić information content (AvgIpc) is 3.11. The average molecular weight is 373 g/mol. The van der Waals surface area contributed by atoms with Gasteiger partial charge in [0, 0.05) is 16.9 Å². The Morgan fingerprint density at radius 3 is 2.64 bits per heavy atom. The van der Waals surface area contributed by atoms with Crippen molar-refractivity contribution in [3.63, 3.8) is 0 Å². The van der Waals surface area contributed by atoms with Crippen LogP contribution in [0.1, 0.15) is 21.1 Å². The molecule has 3 aromatic rings. The molecule has 1 amide bonds. The zero-order valence-electron chi connectivity index (χ0n) is 13.4. The van der Waals surface area contributed by atoms with Gasteiger partial charge in [-0.1, -0.05) is 41.9 Å². The van der Waals surface area contributed by atoms with E-state index < -0.39 is 0 Å². The number of halogens is 1. The van der Waals surface area contributed by atoms with Gasteiger partial charge < -0.3 is 10.1 Å². The maximum absolute atomic E-state index is 12.1. The lowest BCUT2D eigenvalue weighted by Gasteiger charge is -2.04. The van der Waals surface area contributed by atoms with Crippen LogP contribution in [0.5, 0.6) is 5.75 Å². The highest BCUT2D eigenvalue weighted by Gasteiger charge is 2.10. The normalized spacial score (nSPS) is 10.4. The molecule has 0 bridgehead atoms. The largest absolute Gasteiger partial charge is 0.486 e. The molecule has 0 radical (unpaired) electrons. The van der Waals surface area contributed by atoms with Crippen molar-refractivity contribution in [3.05, 3.63) is 81.3 Å². The maximum atomic E-state index is 12.1. The van der Waals surface area contributed by atoms with E-state index in [0.717, 1.165) is 11.4 Å². The van der Waals surface area contributed by atoms with Crippen molar-refractivity contribution in [2.45, 2.75) is 13.0 Å². The van der Waals surface area contributed by atoms with Crippen LogP contribution in [0, 0.1) is 0 Å². The lowest BCUT2D eigenvalue weighted by Crippen LogP contribution is -2.26. The Bertz CT molecular complexity index is 819. The number of carbonyl (C=O) groups is 1. The fourth-order valence-corrected chi connectivity index (χ4v) is 3.02. The number of hydrogen-bond acceptors (Lipinski definition) is 4. The van der Waals surface area contributed by atoms with E-state index >= 15 is 0 Å². The SMILES string of the molecule is O=C(NCCc1ccccc1)c1csc(COc2ccc(Cl)cc2)n1. The number of hydrogen-bond donors (Lipinski definition) is 1. The molecule has 1 heterocycles. The van der Waals surface area contributed by atoms with Crippen LogP contribution in [0.15, 0.2) is 60.0 Å². The summed E-state index contributed by atoms with van der Waals surface area (Å²) in [5, 5.41) is 6.05. The number of benzene rings is 2. The molecule has 6 heteroatoms. The van der Waals surface area contributed by atoms with E-state index in [1.165, 1.54) is 16.9 Å². The highest BCUT2D eigenvalue weighted by molar-refractivity contribution is 7.09. The number of aromatic nitrogens is 1. The highest BCUT2D eigenvalue weighted by atomic mass is 35.5. The Hall–Kier alpha value is -2.37. The third kappa shape index (κ3) is 5.31. The summed E-state index contributed by atoms with van der Waals surface area (Å²) in [6, 6.07) is 17.2. The minimum atomic E-state index is -0.162. The molecule has 2 aromatic carbocycles. The molecule has 0 fully saturated rings. The van der Waals surface area contributed by atoms with Gasteiger partial charge in [-0.3, -0.25) is 4.79 Å². The number of nitrogens with zero attached hydrogens (tertiary/aromatic N) is 1. The summed E-state index contributed by atoms with van der Waals surface area (Å²) in [6.45, 7) is 0.903. The number of ether oxygens (including phenoxy) is 1. The summed E-state index contributed by atoms with van der Waals surface area (Å²) in [6.07, 6.45) is 0.795. The van der Waals surface area contributed by atoms with E-state index in [1.807, 2.05) is 30.3 Å². The predicted octanol–water partition coefficient (Wildman–Crippen LogP) is 4.35. The van der Waals surface area contributed by atoms with Gasteiger partial charge in [0.1, 0.15) is 23.1 Å². The van der Waals surface area contributed by atoms with Crippen molar-refractivity contribution in [1.29, 1.82) is 0 Å². The summed E-state index contributed by atoms with van der Waals surface area (Å²) in [4.78, 5) is 16.5. The number of rotatable bonds is 7. The van der Waals surface area contributed by atoms with Crippen molar-refractivity contribution in [2.24, 2.45) is 0 Å². The smallest absolute Gasteiger partial charge is 0.270 e. The quantitative estimate of drug-likeness (QED) is 0.670. The molecule has 0 atom stereocenters. The first-order valence-corrected chi connectivity index (χ1v) is 9.11. The molecule has 0 unspecified atom stereocenters. The van der Waals surface area contributed by atoms with Crippen LogP contribution in [-0.4, -0.2) is 17.4 Å². The number of amides is 1. The van der Waals surface area contributed by atoms with Gasteiger partial charge in [0.25, 0.3) is 5.91 Å². The second-order valence-electron chi connectivity index (χ2n) is 5.36. The van der Waals surface area contributed by atoms with Gasteiger partial charge in [0.05, 0.1) is 0 Å². The Labute approximate surface area is 155 Å². The Kier molecular flexibility index (Phi) is 6.04. The molecule has 25 heavy (non-hydrogen) atoms. The number of nitrogens with one attached hydrogen (secondary N) is 1. The fourth-order valence-electron chi connectivity index (χ4n) is 2.21. The lowest BCUT2D eigenvalue weighted by atomic mass is 10.1. The van der Waals surface area contributed by atoms with Crippen LogP contribution >= 0.6 is 22.9 Å². The first-order valence-electron chi connectivity index (χ1n) is 7.85. The minimum absolute atomic E-state index is 0.162. The molecule has 0 saturated carbocycles. The second kappa shape index (κ2) is 8.65. The third-order valence-corrected chi connectivity index (χ3v) is 4.58. The van der Waals surface area contributed by atoms with E-state index in [0.29, 0.717) is 29.6 Å². The van der Waals surface area contributed by atoms with E-state index in [1.54, 1.807) is 29.6 Å². The standard InChI is InChI=1S/C19H17ClN2O2S/c20-15-6-8-16(9-7-15)24-12-18-22-17(13-25-18)19(23)21-11-10-14-4-2-1-3-5-14/h1-9,13H,10-12H2,(H,21,23). The van der Waals surface area contributed by atoms with E-state index in [4.69, 9.17) is 16.3 Å². The summed E-state index contributed by atoms with van der Waals surface area (Å²) in [5.74, 6) is 0.554. The molecule has 0 aliphatic rings. The minimum Gasteiger partial charge on any atom is -0.486 e. The van der Waals surface area contributed by atoms with Gasteiger partial charge in [-0.05, 0) is 36.2 Å². The van der Waals surface area contributed by atoms with Crippen molar-refractivity contribution in [2.75, 3.05) is 6.54 Å². The highest BCUT2D eigenvalue weighted by Crippen LogP contribution is 2.18. The molecule has 128 valence electrons. The van der Waals surface area contributed by atoms with Gasteiger partial charge in [-0.2, -0.15) is 0 Å². The van der Waals surface area contributed by atoms with Crippen LogP contribution < -0.4 is 10.1 Å². The molecule has 0 saturated heterocycles. The maximum Gasteiger partial charge on any atom is 0.270 e. The predicted molar refractivity (Wildman–Crippen MR) is 100 cm³/mol. The van der Waals surface area contributed by atoms with Gasteiger partial charge in [0.2, 0.25) is 0 Å². The monoisotopic (exact) mass is 372 g/mol. The summed E-state index contributed by atoms with van der Waals surface area (Å²) in [5.41, 5.74) is 1.62. The van der Waals surface area contributed by atoms with Crippen molar-refractivity contribution in [1.82, 2.24) is 10.3 Å². The molecule has 0 spiro atoms. The van der Waals surface area contributed by atoms with Gasteiger partial charge in [-0.15, -0.1) is 11.3 Å². The molecule has 1 aromatic heterocycles. The second-order valence-corrected chi connectivity index (χ2v) is 6.74. The van der Waals surface area contributed by atoms with Gasteiger partial charge >= 0.3 is 0 Å². The molecule has 0 aliphatic heterocycles. The van der Waals surface area contributed by atoms with E-state index in [9.17, 15) is 4.79 Å². The van der Waals surface area contributed by atoms with Crippen LogP contribution in [0.3, 0.4) is 0 Å². The van der Waals surface area contributed by atoms with Crippen LogP contribution in [0.25, 0.3) is 0 Å². The molecule has 4 nitrogen and oxygen atoms in total. The summed E-state index contributed by atoms with van der Waals surface area (Å²) >= 11 is 7.24. The molecular formula is C19H17ClN2O2S. The Morgan fingerprint density at radius 2 is 1.88 bits per heavy atom. The van der Waals surface area contributed by atoms with Gasteiger partial charge in [-0.25, -0.2) is 4.98 Å². The van der Waals surface area contributed by atoms with Crippen LogP contribution in [-0.2, 0) is 13.0 Å². The number of thiazole rings is 1. The van der Waals surface area contributed by atoms with Crippen LogP contribution in [0.4, 0.5) is 0 Å². The number of carbonyl (C=O) groups excluding carboxylic acids is 1. The molecule has 1 N–H and O–H groups in total. The van der Waals surface area contributed by atoms with E-state index in [2.05, 4.69) is 10.3 Å². The molecule has 3 rings (SSSR count). The zero-order chi connectivity index (χ0) is 17.5. The fraction of sp³-hybridized carbons (Fsp3) is 0.158. The summed E-state index contributed by atoms with van der Waals surface area (Å²) < 4.78 is 5.64. The van der Waals surface area contributed by atoms with Crippen LogP contribution in [0.2, 0.25) is 5.02 Å². The van der Waals surface area contributed by atoms with Gasteiger partial charge in [0.15, 0.2) is 0 Å². The van der Waals surface area contributed by atoms with Crippen molar-refractivity contribution in [3.8, 4) is 5.75 Å². The molecular weight excluding hydrogens is 356 g/mol. The Morgan fingerprint density at radius 1 is 1.12 bits per heavy atom. The molecule has 0 aliphatic carbocycles. The zero-order valence-corrected chi connectivity index (χ0v) is 15.0. The first kappa shape index (κ1) is 17.5. The lowest BCUT2D eigenvalue weighted by molar-refractivity contribution is 0.0949. The summed E-state index contributed by atoms with van der Waals surface area (Å²) in [7, 11) is 0. The topological polar surface area (TPSA) is 51.2 Å².